The fourth-order valence-electron chi connectivity index (χ4n) is 2.19. The highest BCUT2D eigenvalue weighted by Gasteiger charge is 2.49. The van der Waals surface area contributed by atoms with Gasteiger partial charge in [0.25, 0.3) is 5.79 Å². The molecule has 0 bridgehead atoms. The summed E-state index contributed by atoms with van der Waals surface area (Å²) in [5, 5.41) is 0. The summed E-state index contributed by atoms with van der Waals surface area (Å²) in [6.07, 6.45) is 2.43. The first-order valence-electron chi connectivity index (χ1n) is 6.13. The number of halogens is 2. The van der Waals surface area contributed by atoms with Gasteiger partial charge in [-0.3, -0.25) is 0 Å². The van der Waals surface area contributed by atoms with E-state index in [1.165, 1.54) is 6.07 Å². The number of rotatable bonds is 2. The van der Waals surface area contributed by atoms with E-state index in [9.17, 15) is 9.18 Å². The van der Waals surface area contributed by atoms with Crippen molar-refractivity contribution < 1.29 is 23.4 Å². The van der Waals surface area contributed by atoms with Crippen LogP contribution in [0.2, 0.25) is 0 Å². The van der Waals surface area contributed by atoms with E-state index in [-0.39, 0.29) is 17.9 Å². The fourth-order valence-corrected chi connectivity index (χ4v) is 2.68. The largest absolute Gasteiger partial charge is 0.462 e. The molecular weight excluding hydrogens is 319 g/mol. The molecule has 4 nitrogen and oxygen atoms in total. The van der Waals surface area contributed by atoms with Crippen LogP contribution in [0.5, 0.6) is 11.5 Å². The van der Waals surface area contributed by atoms with Gasteiger partial charge in [0.2, 0.25) is 5.75 Å². The van der Waals surface area contributed by atoms with Gasteiger partial charge in [0.05, 0.1) is 11.1 Å². The Morgan fingerprint density at radius 1 is 1.47 bits per heavy atom. The number of fused-ring (bicyclic) bond motifs is 1. The van der Waals surface area contributed by atoms with Gasteiger partial charge in [0.1, 0.15) is 5.56 Å². The topological polar surface area (TPSA) is 44.8 Å². The van der Waals surface area contributed by atoms with Crippen molar-refractivity contribution in [2.75, 3.05) is 6.61 Å². The van der Waals surface area contributed by atoms with Crippen molar-refractivity contribution in [3.05, 3.63) is 21.9 Å². The molecule has 1 fully saturated rings. The Hall–Kier alpha value is -1.30. The van der Waals surface area contributed by atoms with Crippen LogP contribution < -0.4 is 9.47 Å². The summed E-state index contributed by atoms with van der Waals surface area (Å²) in [4.78, 5) is 11.7. The molecule has 1 saturated carbocycles. The molecule has 0 unspecified atom stereocenters. The minimum atomic E-state index is -0.737. The van der Waals surface area contributed by atoms with Crippen LogP contribution in [0.1, 0.15) is 36.5 Å². The zero-order valence-electron chi connectivity index (χ0n) is 10.3. The monoisotopic (exact) mass is 330 g/mol. The predicted molar refractivity (Wildman–Crippen MR) is 67.9 cm³/mol. The summed E-state index contributed by atoms with van der Waals surface area (Å²) >= 11 is 3.28. The highest BCUT2D eigenvalue weighted by atomic mass is 79.9. The van der Waals surface area contributed by atoms with Crippen LogP contribution in [0.3, 0.4) is 0 Å². The Morgan fingerprint density at radius 2 is 2.16 bits per heavy atom. The molecule has 102 valence electrons. The fraction of sp³-hybridized carbons (Fsp3) is 0.462. The van der Waals surface area contributed by atoms with Crippen LogP contribution in [0.4, 0.5) is 4.39 Å². The van der Waals surface area contributed by atoms with E-state index in [1.54, 1.807) is 6.92 Å². The number of hydrogen-bond donors (Lipinski definition) is 0. The molecule has 0 amide bonds. The Bertz CT molecular complexity index is 554. The molecule has 0 saturated heterocycles. The summed E-state index contributed by atoms with van der Waals surface area (Å²) < 4.78 is 30.9. The van der Waals surface area contributed by atoms with Crippen molar-refractivity contribution in [3.8, 4) is 11.5 Å². The van der Waals surface area contributed by atoms with Gasteiger partial charge in [-0.2, -0.15) is 0 Å². The second-order valence-electron chi connectivity index (χ2n) is 4.57. The van der Waals surface area contributed by atoms with Gasteiger partial charge in [-0.15, -0.1) is 0 Å². The molecule has 1 aromatic carbocycles. The number of esters is 1. The maximum absolute atomic E-state index is 14.3. The van der Waals surface area contributed by atoms with Crippen molar-refractivity contribution in [1.29, 1.82) is 0 Å². The highest BCUT2D eigenvalue weighted by Crippen LogP contribution is 2.52. The summed E-state index contributed by atoms with van der Waals surface area (Å²) in [5.74, 6) is -1.84. The highest BCUT2D eigenvalue weighted by molar-refractivity contribution is 9.10. The van der Waals surface area contributed by atoms with Crippen LogP contribution in [0, 0.1) is 5.82 Å². The van der Waals surface area contributed by atoms with Gasteiger partial charge in [0.15, 0.2) is 11.6 Å². The lowest BCUT2D eigenvalue weighted by molar-refractivity contribution is -0.139. The first kappa shape index (κ1) is 12.7. The minimum absolute atomic E-state index is 0.00266. The normalized spacial score (nSPS) is 18.3. The summed E-state index contributed by atoms with van der Waals surface area (Å²) in [7, 11) is 0. The quantitative estimate of drug-likeness (QED) is 0.779. The molecule has 6 heteroatoms. The third-order valence-electron chi connectivity index (χ3n) is 3.32. The van der Waals surface area contributed by atoms with E-state index in [2.05, 4.69) is 15.9 Å². The Morgan fingerprint density at radius 3 is 2.74 bits per heavy atom. The number of carbonyl (C=O) groups is 1. The average molecular weight is 331 g/mol. The predicted octanol–water partition coefficient (Wildman–Crippen LogP) is 3.42. The van der Waals surface area contributed by atoms with Crippen LogP contribution in [-0.2, 0) is 4.74 Å². The SMILES string of the molecule is CCOC(=O)c1cc(Br)c2c(c1F)OC1(CCC1)O2. The third-order valence-corrected chi connectivity index (χ3v) is 3.91. The lowest BCUT2D eigenvalue weighted by Gasteiger charge is -2.35. The number of carbonyl (C=O) groups excluding carboxylic acids is 1. The van der Waals surface area contributed by atoms with Gasteiger partial charge in [-0.1, -0.05) is 0 Å². The van der Waals surface area contributed by atoms with Gasteiger partial charge in [-0.05, 0) is 35.3 Å². The van der Waals surface area contributed by atoms with E-state index in [4.69, 9.17) is 14.2 Å². The molecule has 19 heavy (non-hydrogen) atoms. The molecule has 0 radical (unpaired) electrons. The van der Waals surface area contributed by atoms with E-state index in [0.717, 1.165) is 19.3 Å². The second kappa shape index (κ2) is 4.37. The van der Waals surface area contributed by atoms with E-state index >= 15 is 0 Å². The van der Waals surface area contributed by atoms with Crippen molar-refractivity contribution in [3.63, 3.8) is 0 Å². The lowest BCUT2D eigenvalue weighted by Crippen LogP contribution is -2.45. The Balaban J connectivity index is 2.02. The molecule has 3 rings (SSSR count). The van der Waals surface area contributed by atoms with Crippen LogP contribution in [-0.4, -0.2) is 18.4 Å². The van der Waals surface area contributed by atoms with Crippen molar-refractivity contribution in [1.82, 2.24) is 0 Å². The summed E-state index contributed by atoms with van der Waals surface area (Å²) in [6, 6.07) is 1.37. The molecule has 1 spiro atoms. The molecule has 0 aromatic heterocycles. The van der Waals surface area contributed by atoms with Crippen molar-refractivity contribution in [2.24, 2.45) is 0 Å². The van der Waals surface area contributed by atoms with E-state index in [1.807, 2.05) is 0 Å². The first-order chi connectivity index (χ1) is 9.06. The zero-order valence-corrected chi connectivity index (χ0v) is 11.9. The van der Waals surface area contributed by atoms with Gasteiger partial charge >= 0.3 is 5.97 Å². The summed E-state index contributed by atoms with van der Waals surface area (Å²) in [6.45, 7) is 1.86. The van der Waals surface area contributed by atoms with E-state index < -0.39 is 17.6 Å². The van der Waals surface area contributed by atoms with Gasteiger partial charge < -0.3 is 14.2 Å². The zero-order chi connectivity index (χ0) is 13.6. The van der Waals surface area contributed by atoms with Crippen LogP contribution in [0.25, 0.3) is 0 Å². The molecule has 1 aliphatic heterocycles. The van der Waals surface area contributed by atoms with Crippen molar-refractivity contribution in [2.45, 2.75) is 32.0 Å². The molecule has 1 aromatic rings. The maximum Gasteiger partial charge on any atom is 0.341 e. The molecule has 2 aliphatic rings. The molecule has 0 atom stereocenters. The average Bonchev–Trinajstić information content (AvgIpc) is 2.75. The second-order valence-corrected chi connectivity index (χ2v) is 5.42. The number of hydrogen-bond acceptors (Lipinski definition) is 4. The van der Waals surface area contributed by atoms with Crippen molar-refractivity contribution >= 4 is 21.9 Å². The molecule has 1 aliphatic carbocycles. The maximum atomic E-state index is 14.3. The Kier molecular flexibility index (Phi) is 2.92. The lowest BCUT2D eigenvalue weighted by atomic mass is 9.91. The van der Waals surface area contributed by atoms with Gasteiger partial charge in [-0.25, -0.2) is 9.18 Å². The third kappa shape index (κ3) is 1.89. The van der Waals surface area contributed by atoms with Crippen LogP contribution in [0.15, 0.2) is 10.5 Å². The van der Waals surface area contributed by atoms with Crippen LogP contribution >= 0.6 is 15.9 Å². The molecular formula is C13H12BrFO4. The standard InChI is InChI=1S/C13H12BrFO4/c1-2-17-12(16)7-6-8(14)10-11(9(7)15)19-13(18-10)4-3-5-13/h6H,2-5H2,1H3. The van der Waals surface area contributed by atoms with E-state index in [0.29, 0.717) is 10.2 Å². The Labute approximate surface area is 118 Å². The number of ether oxygens (including phenoxy) is 3. The van der Waals surface area contributed by atoms with Gasteiger partial charge in [0, 0.05) is 12.8 Å². The summed E-state index contributed by atoms with van der Waals surface area (Å²) in [5.41, 5.74) is -0.146. The molecule has 0 N–H and O–H groups in total. The molecule has 1 heterocycles. The minimum Gasteiger partial charge on any atom is -0.462 e. The number of benzene rings is 1. The first-order valence-corrected chi connectivity index (χ1v) is 6.93. The smallest absolute Gasteiger partial charge is 0.341 e.